The molecule has 1 aromatic carbocycles. The summed E-state index contributed by atoms with van der Waals surface area (Å²) in [6.45, 7) is 0. The van der Waals surface area contributed by atoms with Crippen LogP contribution in [0.5, 0.6) is 0 Å². The molecular weight excluding hydrogens is 242 g/mol. The first-order valence-electron chi connectivity index (χ1n) is 3.41. The molecule has 0 bridgehead atoms. The van der Waals surface area contributed by atoms with Crippen LogP contribution in [0.1, 0.15) is 6.99 Å². The van der Waals surface area contributed by atoms with Crippen LogP contribution < -0.4 is 34.7 Å². The Morgan fingerprint density at radius 3 is 2.20 bits per heavy atom. The first-order chi connectivity index (χ1) is 6.21. The van der Waals surface area contributed by atoms with Crippen molar-refractivity contribution in [2.45, 2.75) is 11.1 Å². The van der Waals surface area contributed by atoms with Gasteiger partial charge in [-0.25, -0.2) is 13.6 Å². The predicted molar refractivity (Wildman–Crippen MR) is 43.9 cm³/mol. The van der Waals surface area contributed by atoms with Gasteiger partial charge in [-0.1, -0.05) is 6.07 Å². The standard InChI is InChI=1S/C7H6F3NO2S.Na.H/c8-7(9,10)5-2-1-3-6(4-5)14(11,12)13;;/h1-4H,(H2,11,12,13);;/q;+1;-1. The molecule has 2 N–H and O–H groups in total. The van der Waals surface area contributed by atoms with Gasteiger partial charge in [0, 0.05) is 0 Å². The Bertz CT molecular complexity index is 449. The molecule has 80 valence electrons. The Labute approximate surface area is 108 Å². The molecule has 0 aliphatic heterocycles. The normalized spacial score (nSPS) is 12.0. The third kappa shape index (κ3) is 4.12. The average Bonchev–Trinajstić information content (AvgIpc) is 2.01. The molecule has 1 rings (SSSR count). The second-order valence-corrected chi connectivity index (χ2v) is 4.13. The Balaban J connectivity index is 0. The van der Waals surface area contributed by atoms with Gasteiger partial charge < -0.3 is 1.43 Å². The largest absolute Gasteiger partial charge is 1.00 e. The summed E-state index contributed by atoms with van der Waals surface area (Å²) in [5.41, 5.74) is -1.04. The molecular formula is C7H7F3NNaO2S. The van der Waals surface area contributed by atoms with Crippen LogP contribution >= 0.6 is 0 Å². The number of nitrogens with two attached hydrogens (primary N) is 1. The van der Waals surface area contributed by atoms with Crippen LogP contribution in [-0.2, 0) is 16.2 Å². The zero-order valence-corrected chi connectivity index (χ0v) is 10.6. The van der Waals surface area contributed by atoms with Crippen molar-refractivity contribution in [1.29, 1.82) is 0 Å². The van der Waals surface area contributed by atoms with E-state index in [4.69, 9.17) is 0 Å². The third-order valence-electron chi connectivity index (χ3n) is 1.49. The van der Waals surface area contributed by atoms with E-state index in [1.54, 1.807) is 0 Å². The minimum absolute atomic E-state index is 0. The zero-order valence-electron chi connectivity index (χ0n) is 8.75. The van der Waals surface area contributed by atoms with Gasteiger partial charge in [-0.05, 0) is 18.2 Å². The number of alkyl halides is 3. The van der Waals surface area contributed by atoms with Gasteiger partial charge in [0.25, 0.3) is 0 Å². The fourth-order valence-electron chi connectivity index (χ4n) is 0.849. The number of hydrogen-bond acceptors (Lipinski definition) is 2. The second kappa shape index (κ2) is 4.84. The predicted octanol–water partition coefficient (Wildman–Crippen LogP) is -1.53. The Kier molecular flexibility index (Phi) is 4.81. The van der Waals surface area contributed by atoms with E-state index in [0.717, 1.165) is 18.2 Å². The topological polar surface area (TPSA) is 60.2 Å². The maximum Gasteiger partial charge on any atom is 1.00 e. The van der Waals surface area contributed by atoms with Crippen molar-refractivity contribution < 1.29 is 52.6 Å². The van der Waals surface area contributed by atoms with Gasteiger partial charge in [0.05, 0.1) is 10.5 Å². The van der Waals surface area contributed by atoms with Crippen LogP contribution in [0.15, 0.2) is 29.2 Å². The molecule has 0 radical (unpaired) electrons. The van der Waals surface area contributed by atoms with E-state index in [2.05, 4.69) is 5.14 Å². The number of halogens is 3. The van der Waals surface area contributed by atoms with Crippen LogP contribution in [0.2, 0.25) is 0 Å². The molecule has 0 aromatic heterocycles. The summed E-state index contributed by atoms with van der Waals surface area (Å²) in [6, 6.07) is 3.26. The molecule has 0 amide bonds. The first kappa shape index (κ1) is 14.9. The molecule has 3 nitrogen and oxygen atoms in total. The average molecular weight is 249 g/mol. The minimum Gasteiger partial charge on any atom is -1.00 e. The summed E-state index contributed by atoms with van der Waals surface area (Å²) >= 11 is 0. The molecule has 0 spiro atoms. The molecule has 15 heavy (non-hydrogen) atoms. The summed E-state index contributed by atoms with van der Waals surface area (Å²) in [5.74, 6) is 0. The van der Waals surface area contributed by atoms with Gasteiger partial charge in [0.2, 0.25) is 10.0 Å². The maximum absolute atomic E-state index is 12.1. The first-order valence-corrected chi connectivity index (χ1v) is 4.96. The van der Waals surface area contributed by atoms with Gasteiger partial charge in [0.15, 0.2) is 0 Å². The zero-order chi connectivity index (χ0) is 11.0. The van der Waals surface area contributed by atoms with Crippen LogP contribution in [0.4, 0.5) is 13.2 Å². The Morgan fingerprint density at radius 2 is 1.80 bits per heavy atom. The number of rotatable bonds is 1. The second-order valence-electron chi connectivity index (χ2n) is 2.57. The number of benzene rings is 1. The van der Waals surface area contributed by atoms with E-state index in [9.17, 15) is 21.6 Å². The fraction of sp³-hybridized carbons (Fsp3) is 0.143. The summed E-state index contributed by atoms with van der Waals surface area (Å²) in [5, 5.41) is 4.67. The summed E-state index contributed by atoms with van der Waals surface area (Å²) in [7, 11) is -4.09. The van der Waals surface area contributed by atoms with Crippen molar-refractivity contribution in [2.75, 3.05) is 0 Å². The number of sulfonamides is 1. The van der Waals surface area contributed by atoms with Gasteiger partial charge in [-0.3, -0.25) is 0 Å². The Morgan fingerprint density at radius 1 is 1.27 bits per heavy atom. The van der Waals surface area contributed by atoms with E-state index < -0.39 is 26.7 Å². The molecule has 0 aliphatic carbocycles. The molecule has 0 fully saturated rings. The molecule has 8 heteroatoms. The smallest absolute Gasteiger partial charge is 1.00 e. The van der Waals surface area contributed by atoms with Crippen LogP contribution in [0.3, 0.4) is 0 Å². The van der Waals surface area contributed by atoms with Gasteiger partial charge in [0.1, 0.15) is 0 Å². The Hall–Kier alpha value is -0.0800. The summed E-state index contributed by atoms with van der Waals surface area (Å²) in [6.07, 6.45) is -4.57. The summed E-state index contributed by atoms with van der Waals surface area (Å²) in [4.78, 5) is -0.549. The molecule has 1 aromatic rings. The van der Waals surface area contributed by atoms with Gasteiger partial charge >= 0.3 is 35.7 Å². The van der Waals surface area contributed by atoms with Gasteiger partial charge in [-0.2, -0.15) is 13.2 Å². The number of hydrogen-bond donors (Lipinski definition) is 1. The minimum atomic E-state index is -4.57. The van der Waals surface area contributed by atoms with Crippen LogP contribution in [0.25, 0.3) is 0 Å². The molecule has 0 unspecified atom stereocenters. The van der Waals surface area contributed by atoms with E-state index in [0.29, 0.717) is 6.07 Å². The maximum atomic E-state index is 12.1. The third-order valence-corrected chi connectivity index (χ3v) is 2.40. The van der Waals surface area contributed by atoms with Crippen molar-refractivity contribution >= 4 is 10.0 Å². The van der Waals surface area contributed by atoms with Crippen molar-refractivity contribution in [3.05, 3.63) is 29.8 Å². The van der Waals surface area contributed by atoms with E-state index in [1.807, 2.05) is 0 Å². The summed E-state index contributed by atoms with van der Waals surface area (Å²) < 4.78 is 57.8. The van der Waals surface area contributed by atoms with E-state index in [-0.39, 0.29) is 31.0 Å². The van der Waals surface area contributed by atoms with Crippen molar-refractivity contribution in [3.63, 3.8) is 0 Å². The van der Waals surface area contributed by atoms with Crippen molar-refractivity contribution in [1.82, 2.24) is 0 Å². The van der Waals surface area contributed by atoms with Gasteiger partial charge in [-0.15, -0.1) is 0 Å². The monoisotopic (exact) mass is 249 g/mol. The quantitative estimate of drug-likeness (QED) is 0.614. The van der Waals surface area contributed by atoms with E-state index in [1.165, 1.54) is 0 Å². The fourth-order valence-corrected chi connectivity index (χ4v) is 1.41. The number of primary sulfonamides is 1. The molecule has 0 atom stereocenters. The molecule has 0 heterocycles. The van der Waals surface area contributed by atoms with Crippen LogP contribution in [0, 0.1) is 0 Å². The van der Waals surface area contributed by atoms with Crippen molar-refractivity contribution in [3.8, 4) is 0 Å². The molecule has 0 saturated carbocycles. The van der Waals surface area contributed by atoms with Crippen LogP contribution in [-0.4, -0.2) is 8.42 Å². The molecule has 0 aliphatic rings. The molecule has 0 saturated heterocycles. The van der Waals surface area contributed by atoms with E-state index >= 15 is 0 Å². The SMILES string of the molecule is NS(=O)(=O)c1cccc(C(F)(F)F)c1.[H-].[Na+]. The van der Waals surface area contributed by atoms with Crippen molar-refractivity contribution in [2.24, 2.45) is 5.14 Å².